The van der Waals surface area contributed by atoms with Crippen molar-refractivity contribution in [2.45, 2.75) is 38.5 Å². The van der Waals surface area contributed by atoms with Gasteiger partial charge < -0.3 is 9.84 Å². The molecule has 1 fully saturated rings. The topological polar surface area (TPSA) is 49.8 Å². The van der Waals surface area contributed by atoms with Gasteiger partial charge in [-0.25, -0.2) is 0 Å². The van der Waals surface area contributed by atoms with Crippen molar-refractivity contribution >= 4 is 17.6 Å². The Morgan fingerprint density at radius 1 is 1.48 bits per heavy atom. The number of carbonyl (C=O) groups is 1. The van der Waals surface area contributed by atoms with Crippen LogP contribution in [-0.2, 0) is 11.3 Å². The van der Waals surface area contributed by atoms with E-state index < -0.39 is 18.6 Å². The van der Waals surface area contributed by atoms with Crippen LogP contribution in [0.5, 0.6) is 5.75 Å². The molecule has 1 heterocycles. The summed E-state index contributed by atoms with van der Waals surface area (Å²) in [7, 11) is 0. The molecule has 1 aliphatic rings. The number of hydrogen-bond donors (Lipinski definition) is 1. The molecule has 0 spiro atoms. The summed E-state index contributed by atoms with van der Waals surface area (Å²) in [5.41, 5.74) is 0.773. The zero-order valence-corrected chi connectivity index (χ0v) is 12.0. The number of aliphatic carboxylic acids is 1. The van der Waals surface area contributed by atoms with Crippen LogP contribution in [-0.4, -0.2) is 35.2 Å². The van der Waals surface area contributed by atoms with Crippen molar-refractivity contribution in [3.05, 3.63) is 28.8 Å². The Labute approximate surface area is 126 Å². The molecule has 0 aliphatic carbocycles. The summed E-state index contributed by atoms with van der Waals surface area (Å²) >= 11 is 5.90. The second-order valence-corrected chi connectivity index (χ2v) is 5.37. The van der Waals surface area contributed by atoms with Crippen molar-refractivity contribution in [3.8, 4) is 5.75 Å². The summed E-state index contributed by atoms with van der Waals surface area (Å²) in [6.07, 6.45) is 2.47. The lowest BCUT2D eigenvalue weighted by molar-refractivity contribution is -0.144. The predicted molar refractivity (Wildman–Crippen MR) is 73.8 cm³/mol. The molecule has 2 rings (SSSR count). The smallest absolute Gasteiger partial charge is 0.387 e. The standard InChI is InChI=1S/C14H16ClF2NO3/c15-10-7-9(4-5-12(10)21-14(16)17)8-18-6-2-1-3-11(18)13(19)20/h4-5,7,11,14H,1-3,6,8H2,(H,19,20). The first-order valence-electron chi connectivity index (χ1n) is 6.67. The largest absolute Gasteiger partial charge is 0.480 e. The molecule has 0 saturated carbocycles. The molecule has 1 unspecified atom stereocenters. The fourth-order valence-corrected chi connectivity index (χ4v) is 2.78. The van der Waals surface area contributed by atoms with E-state index in [-0.39, 0.29) is 10.8 Å². The van der Waals surface area contributed by atoms with Gasteiger partial charge in [-0.3, -0.25) is 9.69 Å². The Morgan fingerprint density at radius 3 is 2.86 bits per heavy atom. The van der Waals surface area contributed by atoms with Crippen LogP contribution in [0.3, 0.4) is 0 Å². The number of carboxylic acids is 1. The normalized spacial score (nSPS) is 19.7. The summed E-state index contributed by atoms with van der Waals surface area (Å²) in [6, 6.07) is 4.03. The van der Waals surface area contributed by atoms with E-state index >= 15 is 0 Å². The maximum Gasteiger partial charge on any atom is 0.387 e. The molecule has 0 aromatic heterocycles. The summed E-state index contributed by atoms with van der Waals surface area (Å²) in [5.74, 6) is -0.915. The third kappa shape index (κ3) is 4.28. The minimum Gasteiger partial charge on any atom is -0.480 e. The maximum absolute atomic E-state index is 12.2. The third-order valence-corrected chi connectivity index (χ3v) is 3.79. The number of nitrogens with zero attached hydrogens (tertiary/aromatic N) is 1. The number of likely N-dealkylation sites (tertiary alicyclic amines) is 1. The number of piperidine rings is 1. The molecule has 0 radical (unpaired) electrons. The first-order valence-corrected chi connectivity index (χ1v) is 7.05. The van der Waals surface area contributed by atoms with Crippen LogP contribution < -0.4 is 4.74 Å². The quantitative estimate of drug-likeness (QED) is 0.904. The minimum atomic E-state index is -2.92. The van der Waals surface area contributed by atoms with E-state index in [1.54, 1.807) is 6.07 Å². The van der Waals surface area contributed by atoms with E-state index in [0.29, 0.717) is 19.5 Å². The van der Waals surface area contributed by atoms with Gasteiger partial charge in [0.05, 0.1) is 5.02 Å². The molecule has 1 saturated heterocycles. The molecule has 1 aromatic carbocycles. The average Bonchev–Trinajstić information content (AvgIpc) is 2.42. The molecular weight excluding hydrogens is 304 g/mol. The molecular formula is C14H16ClF2NO3. The van der Waals surface area contributed by atoms with Crippen LogP contribution in [0.1, 0.15) is 24.8 Å². The van der Waals surface area contributed by atoms with Gasteiger partial charge in [-0.1, -0.05) is 24.1 Å². The van der Waals surface area contributed by atoms with Crippen LogP contribution >= 0.6 is 11.6 Å². The number of halogens is 3. The summed E-state index contributed by atoms with van der Waals surface area (Å²) in [6.45, 7) is -1.80. The first-order chi connectivity index (χ1) is 9.97. The third-order valence-electron chi connectivity index (χ3n) is 3.50. The molecule has 21 heavy (non-hydrogen) atoms. The summed E-state index contributed by atoms with van der Waals surface area (Å²) < 4.78 is 28.6. The van der Waals surface area contributed by atoms with E-state index in [0.717, 1.165) is 18.4 Å². The van der Waals surface area contributed by atoms with Crippen molar-refractivity contribution in [1.82, 2.24) is 4.90 Å². The van der Waals surface area contributed by atoms with Gasteiger partial charge in [-0.05, 0) is 37.1 Å². The SMILES string of the molecule is O=C(O)C1CCCCN1Cc1ccc(OC(F)F)c(Cl)c1. The lowest BCUT2D eigenvalue weighted by Crippen LogP contribution is -2.43. The van der Waals surface area contributed by atoms with Gasteiger partial charge in [0.25, 0.3) is 0 Å². The molecule has 0 bridgehead atoms. The van der Waals surface area contributed by atoms with Crippen molar-refractivity contribution in [2.75, 3.05) is 6.54 Å². The van der Waals surface area contributed by atoms with Crippen LogP contribution in [0.15, 0.2) is 18.2 Å². The highest BCUT2D eigenvalue weighted by atomic mass is 35.5. The second-order valence-electron chi connectivity index (χ2n) is 4.96. The number of ether oxygens (including phenoxy) is 1. The monoisotopic (exact) mass is 319 g/mol. The fraction of sp³-hybridized carbons (Fsp3) is 0.500. The summed E-state index contributed by atoms with van der Waals surface area (Å²) in [5, 5.41) is 9.31. The van der Waals surface area contributed by atoms with Crippen molar-refractivity contribution < 1.29 is 23.4 Å². The zero-order chi connectivity index (χ0) is 15.4. The Kier molecular flexibility index (Phi) is 5.36. The zero-order valence-electron chi connectivity index (χ0n) is 11.3. The van der Waals surface area contributed by atoms with Crippen molar-refractivity contribution in [2.24, 2.45) is 0 Å². The molecule has 1 atom stereocenters. The Bertz CT molecular complexity index is 513. The lowest BCUT2D eigenvalue weighted by atomic mass is 10.0. The van der Waals surface area contributed by atoms with E-state index in [2.05, 4.69) is 4.74 Å². The number of alkyl halides is 2. The van der Waals surface area contributed by atoms with Crippen LogP contribution in [0.2, 0.25) is 5.02 Å². The van der Waals surface area contributed by atoms with Gasteiger partial charge >= 0.3 is 12.6 Å². The van der Waals surface area contributed by atoms with E-state index in [1.165, 1.54) is 12.1 Å². The molecule has 4 nitrogen and oxygen atoms in total. The number of carboxylic acid groups (broad SMARTS) is 1. The molecule has 1 aromatic rings. The molecule has 1 N–H and O–H groups in total. The van der Waals surface area contributed by atoms with E-state index in [1.807, 2.05) is 4.90 Å². The highest BCUT2D eigenvalue weighted by molar-refractivity contribution is 6.32. The molecule has 0 amide bonds. The van der Waals surface area contributed by atoms with Gasteiger partial charge in [0.15, 0.2) is 0 Å². The van der Waals surface area contributed by atoms with E-state index in [4.69, 9.17) is 11.6 Å². The summed E-state index contributed by atoms with van der Waals surface area (Å²) in [4.78, 5) is 13.1. The van der Waals surface area contributed by atoms with Gasteiger partial charge in [0.2, 0.25) is 0 Å². The van der Waals surface area contributed by atoms with Gasteiger partial charge in [0.1, 0.15) is 11.8 Å². The molecule has 116 valence electrons. The highest BCUT2D eigenvalue weighted by Gasteiger charge is 2.28. The van der Waals surface area contributed by atoms with E-state index in [9.17, 15) is 18.7 Å². The van der Waals surface area contributed by atoms with Crippen LogP contribution in [0, 0.1) is 0 Å². The van der Waals surface area contributed by atoms with Gasteiger partial charge in [-0.15, -0.1) is 0 Å². The first kappa shape index (κ1) is 16.0. The predicted octanol–water partition coefficient (Wildman–Crippen LogP) is 3.38. The van der Waals surface area contributed by atoms with Gasteiger partial charge in [0, 0.05) is 6.54 Å². The number of hydrogen-bond acceptors (Lipinski definition) is 3. The fourth-order valence-electron chi connectivity index (χ4n) is 2.53. The van der Waals surface area contributed by atoms with Crippen LogP contribution in [0.4, 0.5) is 8.78 Å². The Hall–Kier alpha value is -1.40. The average molecular weight is 320 g/mol. The molecule has 1 aliphatic heterocycles. The maximum atomic E-state index is 12.2. The molecule has 7 heteroatoms. The van der Waals surface area contributed by atoms with Crippen molar-refractivity contribution in [3.63, 3.8) is 0 Å². The second kappa shape index (κ2) is 7.04. The highest BCUT2D eigenvalue weighted by Crippen LogP contribution is 2.28. The number of benzene rings is 1. The van der Waals surface area contributed by atoms with Crippen molar-refractivity contribution in [1.29, 1.82) is 0 Å². The number of rotatable bonds is 5. The van der Waals surface area contributed by atoms with Gasteiger partial charge in [-0.2, -0.15) is 8.78 Å². The lowest BCUT2D eigenvalue weighted by Gasteiger charge is -2.32. The Morgan fingerprint density at radius 2 is 2.24 bits per heavy atom. The Balaban J connectivity index is 2.08. The minimum absolute atomic E-state index is 0.0798. The van der Waals surface area contributed by atoms with Crippen LogP contribution in [0.25, 0.3) is 0 Å².